The SMILES string of the molecule is CSCC[C@H](C(=O)N1C[C@H]2C[C@@H](C1)c1cccc(=O)n1C2)n1cccc1. The molecular weight excluding hydrogens is 346 g/mol. The van der Waals surface area contributed by atoms with Gasteiger partial charge in [-0.1, -0.05) is 6.07 Å². The van der Waals surface area contributed by atoms with Crippen LogP contribution in [-0.2, 0) is 11.3 Å². The number of carbonyl (C=O) groups excluding carboxylic acids is 1. The second kappa shape index (κ2) is 7.35. The van der Waals surface area contributed by atoms with Gasteiger partial charge in [-0.3, -0.25) is 9.59 Å². The highest BCUT2D eigenvalue weighted by molar-refractivity contribution is 7.98. The quantitative estimate of drug-likeness (QED) is 0.812. The topological polar surface area (TPSA) is 47.2 Å². The van der Waals surface area contributed by atoms with E-state index in [1.165, 1.54) is 0 Å². The van der Waals surface area contributed by atoms with E-state index in [1.807, 2.05) is 50.7 Å². The lowest BCUT2D eigenvalue weighted by Gasteiger charge is -2.43. The summed E-state index contributed by atoms with van der Waals surface area (Å²) >= 11 is 1.78. The molecule has 5 nitrogen and oxygen atoms in total. The van der Waals surface area contributed by atoms with Crippen molar-refractivity contribution < 1.29 is 4.79 Å². The lowest BCUT2D eigenvalue weighted by Crippen LogP contribution is -2.50. The van der Waals surface area contributed by atoms with Crippen LogP contribution in [0.5, 0.6) is 0 Å². The molecule has 2 aliphatic rings. The fourth-order valence-corrected chi connectivity index (χ4v) is 4.93. The van der Waals surface area contributed by atoms with Crippen LogP contribution in [0.25, 0.3) is 0 Å². The Morgan fingerprint density at radius 1 is 1.19 bits per heavy atom. The molecule has 0 saturated carbocycles. The molecule has 3 atom stereocenters. The zero-order valence-corrected chi connectivity index (χ0v) is 15.9. The number of rotatable bonds is 5. The van der Waals surface area contributed by atoms with Crippen LogP contribution in [0.3, 0.4) is 0 Å². The summed E-state index contributed by atoms with van der Waals surface area (Å²) in [6.07, 6.45) is 7.98. The third-order valence-corrected chi connectivity index (χ3v) is 6.30. The molecule has 138 valence electrons. The molecule has 0 radical (unpaired) electrons. The zero-order valence-electron chi connectivity index (χ0n) is 15.1. The largest absolute Gasteiger partial charge is 0.342 e. The van der Waals surface area contributed by atoms with Crippen molar-refractivity contribution in [1.29, 1.82) is 0 Å². The maximum atomic E-state index is 13.3. The predicted octanol–water partition coefficient (Wildman–Crippen LogP) is 2.59. The third-order valence-electron chi connectivity index (χ3n) is 5.66. The van der Waals surface area contributed by atoms with E-state index in [2.05, 4.69) is 6.26 Å². The van der Waals surface area contributed by atoms with E-state index >= 15 is 0 Å². The highest BCUT2D eigenvalue weighted by atomic mass is 32.2. The summed E-state index contributed by atoms with van der Waals surface area (Å²) in [5, 5.41) is 0. The summed E-state index contributed by atoms with van der Waals surface area (Å²) in [7, 11) is 0. The smallest absolute Gasteiger partial charge is 0.250 e. The molecule has 2 aliphatic heterocycles. The van der Waals surface area contributed by atoms with Gasteiger partial charge in [-0.2, -0.15) is 11.8 Å². The lowest BCUT2D eigenvalue weighted by molar-refractivity contribution is -0.137. The Hall–Kier alpha value is -1.95. The average Bonchev–Trinajstić information content (AvgIpc) is 3.17. The van der Waals surface area contributed by atoms with Crippen LogP contribution in [0.2, 0.25) is 0 Å². The van der Waals surface area contributed by atoms with Crippen molar-refractivity contribution in [2.45, 2.75) is 31.3 Å². The first-order valence-corrected chi connectivity index (χ1v) is 10.7. The van der Waals surface area contributed by atoms with E-state index in [0.29, 0.717) is 5.92 Å². The van der Waals surface area contributed by atoms with E-state index < -0.39 is 0 Å². The molecule has 2 aromatic rings. The Bertz CT molecular complexity index is 830. The fourth-order valence-electron chi connectivity index (χ4n) is 4.47. The van der Waals surface area contributed by atoms with Crippen LogP contribution in [0.1, 0.15) is 30.5 Å². The molecule has 4 heterocycles. The number of hydrogen-bond acceptors (Lipinski definition) is 3. The number of piperidine rings is 1. The van der Waals surface area contributed by atoms with Gasteiger partial charge in [0.2, 0.25) is 5.91 Å². The number of fused-ring (bicyclic) bond motifs is 4. The van der Waals surface area contributed by atoms with Crippen molar-refractivity contribution in [2.24, 2.45) is 5.92 Å². The number of carbonyl (C=O) groups is 1. The lowest BCUT2D eigenvalue weighted by atomic mass is 9.83. The highest BCUT2D eigenvalue weighted by Gasteiger charge is 2.38. The molecule has 0 aliphatic carbocycles. The third kappa shape index (κ3) is 3.22. The standard InChI is InChI=1S/C20H25N3O2S/c1-26-10-7-18(21-8-2-3-9-21)20(25)22-12-15-11-16(14-22)17-5-4-6-19(24)23(17)13-15/h2-6,8-9,15-16,18H,7,10-14H2,1H3/t15-,16+,18-/m1/s1. The summed E-state index contributed by atoms with van der Waals surface area (Å²) in [6, 6.07) is 9.36. The van der Waals surface area contributed by atoms with E-state index in [1.54, 1.807) is 17.8 Å². The highest BCUT2D eigenvalue weighted by Crippen LogP contribution is 2.36. The predicted molar refractivity (Wildman–Crippen MR) is 105 cm³/mol. The van der Waals surface area contributed by atoms with Crippen LogP contribution < -0.4 is 5.56 Å². The molecular formula is C20H25N3O2S. The fraction of sp³-hybridized carbons (Fsp3) is 0.500. The van der Waals surface area contributed by atoms with Gasteiger partial charge in [0.05, 0.1) is 0 Å². The van der Waals surface area contributed by atoms with Gasteiger partial charge >= 0.3 is 0 Å². The molecule has 0 aromatic carbocycles. The second-order valence-electron chi connectivity index (χ2n) is 7.37. The Labute approximate surface area is 158 Å². The first-order chi connectivity index (χ1) is 12.7. The number of thioether (sulfide) groups is 1. The van der Waals surface area contributed by atoms with E-state index in [-0.39, 0.29) is 23.4 Å². The maximum Gasteiger partial charge on any atom is 0.250 e. The van der Waals surface area contributed by atoms with E-state index in [9.17, 15) is 9.59 Å². The Morgan fingerprint density at radius 2 is 2.00 bits per heavy atom. The molecule has 0 spiro atoms. The van der Waals surface area contributed by atoms with Crippen LogP contribution in [0.15, 0.2) is 47.5 Å². The zero-order chi connectivity index (χ0) is 18.1. The van der Waals surface area contributed by atoms with Crippen molar-refractivity contribution in [3.8, 4) is 0 Å². The van der Waals surface area contributed by atoms with Crippen molar-refractivity contribution in [2.75, 3.05) is 25.1 Å². The molecule has 1 amide bonds. The van der Waals surface area contributed by atoms with Crippen molar-refractivity contribution in [3.05, 3.63) is 58.8 Å². The minimum Gasteiger partial charge on any atom is -0.342 e. The average molecular weight is 372 g/mol. The van der Waals surface area contributed by atoms with Gasteiger partial charge in [-0.15, -0.1) is 0 Å². The number of pyridine rings is 1. The molecule has 1 fully saturated rings. The maximum absolute atomic E-state index is 13.3. The summed E-state index contributed by atoms with van der Waals surface area (Å²) in [5.41, 5.74) is 1.18. The van der Waals surface area contributed by atoms with Crippen LogP contribution in [0.4, 0.5) is 0 Å². The van der Waals surface area contributed by atoms with Gasteiger partial charge in [0, 0.05) is 49.7 Å². The molecule has 26 heavy (non-hydrogen) atoms. The second-order valence-corrected chi connectivity index (χ2v) is 8.35. The molecule has 2 bridgehead atoms. The Morgan fingerprint density at radius 3 is 2.77 bits per heavy atom. The van der Waals surface area contributed by atoms with Crippen LogP contribution >= 0.6 is 11.8 Å². The van der Waals surface area contributed by atoms with Gasteiger partial charge in [0.25, 0.3) is 5.56 Å². The van der Waals surface area contributed by atoms with E-state index in [4.69, 9.17) is 0 Å². The van der Waals surface area contributed by atoms with Gasteiger partial charge in [-0.25, -0.2) is 0 Å². The molecule has 1 saturated heterocycles. The summed E-state index contributed by atoms with van der Waals surface area (Å²) in [6.45, 7) is 2.21. The van der Waals surface area contributed by atoms with Crippen LogP contribution in [-0.4, -0.2) is 45.0 Å². The number of nitrogens with zero attached hydrogens (tertiary/aromatic N) is 3. The van der Waals surface area contributed by atoms with Crippen molar-refractivity contribution >= 4 is 17.7 Å². The Balaban J connectivity index is 1.57. The summed E-state index contributed by atoms with van der Waals surface area (Å²) < 4.78 is 3.96. The summed E-state index contributed by atoms with van der Waals surface area (Å²) in [5.74, 6) is 1.83. The minimum absolute atomic E-state index is 0.0853. The number of amides is 1. The van der Waals surface area contributed by atoms with Gasteiger partial charge in [0.1, 0.15) is 6.04 Å². The van der Waals surface area contributed by atoms with Crippen molar-refractivity contribution in [3.63, 3.8) is 0 Å². The molecule has 0 unspecified atom stereocenters. The normalized spacial score (nSPS) is 22.7. The molecule has 4 rings (SSSR count). The van der Waals surface area contributed by atoms with Crippen LogP contribution in [0, 0.1) is 5.92 Å². The van der Waals surface area contributed by atoms with Gasteiger partial charge in [-0.05, 0) is 49.0 Å². The number of hydrogen-bond donors (Lipinski definition) is 0. The van der Waals surface area contributed by atoms with Gasteiger partial charge in [0.15, 0.2) is 0 Å². The Kier molecular flexibility index (Phi) is 4.94. The number of aromatic nitrogens is 2. The molecule has 6 heteroatoms. The minimum atomic E-state index is -0.130. The van der Waals surface area contributed by atoms with Gasteiger partial charge < -0.3 is 14.0 Å². The first kappa shape index (κ1) is 17.5. The summed E-state index contributed by atoms with van der Waals surface area (Å²) in [4.78, 5) is 27.6. The molecule has 0 N–H and O–H groups in total. The number of likely N-dealkylation sites (tertiary alicyclic amines) is 1. The van der Waals surface area contributed by atoms with E-state index in [0.717, 1.165) is 43.9 Å². The first-order valence-electron chi connectivity index (χ1n) is 9.27. The van der Waals surface area contributed by atoms with Crippen molar-refractivity contribution in [1.82, 2.24) is 14.0 Å². The molecule has 2 aromatic heterocycles. The monoisotopic (exact) mass is 371 g/mol.